The molecule has 11 heteroatoms. The van der Waals surface area contributed by atoms with Gasteiger partial charge in [0.05, 0.1) is 36.5 Å². The van der Waals surface area contributed by atoms with Crippen LogP contribution in [-0.2, 0) is 16.1 Å². The van der Waals surface area contributed by atoms with E-state index in [1.54, 1.807) is 11.3 Å². The van der Waals surface area contributed by atoms with E-state index >= 15 is 0 Å². The molecule has 1 N–H and O–H groups in total. The predicted octanol–water partition coefficient (Wildman–Crippen LogP) is 6.52. The number of benzene rings is 2. The fraction of sp³-hybridized carbons (Fsp3) is 0.390. The number of carbonyl (C=O) groups is 2. The number of amides is 2. The van der Waals surface area contributed by atoms with Gasteiger partial charge in [0.2, 0.25) is 17.7 Å². The fourth-order valence-corrected chi connectivity index (χ4v) is 8.79. The molecule has 4 aliphatic heterocycles. The molecule has 10 nitrogen and oxygen atoms in total. The average molecular weight is 716 g/mol. The number of hydrogen-bond donors (Lipinski definition) is 1. The first-order valence-corrected chi connectivity index (χ1v) is 19.2. The second kappa shape index (κ2) is 14.3. The minimum absolute atomic E-state index is 0.0583. The van der Waals surface area contributed by atoms with Crippen LogP contribution >= 0.6 is 11.3 Å². The molecule has 2 aromatic heterocycles. The van der Waals surface area contributed by atoms with Gasteiger partial charge in [-0.15, -0.1) is 0 Å². The SMILES string of the molecule is CCNc1cnc(-c2ccc(C3=CCN(C(=O)CN4CC[C@]5(CCN(c6ccc7c(c6)C(c6ccc(OC(C)C)nc6)=NC7)C5=O)C4)CC3)cc2)s1. The molecule has 268 valence electrons. The van der Waals surface area contributed by atoms with E-state index in [4.69, 9.17) is 9.73 Å². The number of nitrogens with zero attached hydrogens (tertiary/aromatic N) is 6. The highest BCUT2D eigenvalue weighted by Crippen LogP contribution is 2.43. The summed E-state index contributed by atoms with van der Waals surface area (Å²) < 4.78 is 5.72. The maximum Gasteiger partial charge on any atom is 0.237 e. The van der Waals surface area contributed by atoms with Crippen molar-refractivity contribution in [1.82, 2.24) is 19.8 Å². The van der Waals surface area contributed by atoms with Crippen molar-refractivity contribution in [3.63, 3.8) is 0 Å². The molecule has 8 rings (SSSR count). The number of hydrogen-bond acceptors (Lipinski definition) is 9. The third kappa shape index (κ3) is 6.75. The van der Waals surface area contributed by atoms with Gasteiger partial charge in [-0.05, 0) is 81.5 Å². The van der Waals surface area contributed by atoms with Gasteiger partial charge in [0, 0.05) is 67.4 Å². The Labute approximate surface area is 309 Å². The molecule has 0 unspecified atom stereocenters. The molecule has 0 saturated carbocycles. The molecule has 2 fully saturated rings. The number of ether oxygens (including phenoxy) is 1. The maximum atomic E-state index is 14.1. The van der Waals surface area contributed by atoms with Gasteiger partial charge in [-0.2, -0.15) is 0 Å². The Balaban J connectivity index is 0.864. The normalized spacial score (nSPS) is 20.1. The zero-order valence-corrected chi connectivity index (χ0v) is 30.9. The lowest BCUT2D eigenvalue weighted by Crippen LogP contribution is -2.43. The van der Waals surface area contributed by atoms with Crippen LogP contribution < -0.4 is 15.0 Å². The summed E-state index contributed by atoms with van der Waals surface area (Å²) in [5.74, 6) is 0.895. The van der Waals surface area contributed by atoms with Crippen LogP contribution in [0.15, 0.2) is 78.1 Å². The van der Waals surface area contributed by atoms with Gasteiger partial charge >= 0.3 is 0 Å². The molecule has 0 bridgehead atoms. The van der Waals surface area contributed by atoms with Crippen molar-refractivity contribution in [3.05, 3.63) is 95.3 Å². The van der Waals surface area contributed by atoms with E-state index < -0.39 is 5.41 Å². The third-order valence-electron chi connectivity index (χ3n) is 10.7. The summed E-state index contributed by atoms with van der Waals surface area (Å²) in [4.78, 5) is 47.5. The van der Waals surface area contributed by atoms with Crippen molar-refractivity contribution in [2.24, 2.45) is 10.4 Å². The molecule has 0 radical (unpaired) electrons. The van der Waals surface area contributed by atoms with Crippen molar-refractivity contribution < 1.29 is 14.3 Å². The lowest BCUT2D eigenvalue weighted by molar-refractivity contribution is -0.132. The van der Waals surface area contributed by atoms with E-state index in [0.29, 0.717) is 45.1 Å². The van der Waals surface area contributed by atoms with E-state index in [9.17, 15) is 9.59 Å². The van der Waals surface area contributed by atoms with Crippen LogP contribution in [0, 0.1) is 5.41 Å². The van der Waals surface area contributed by atoms with Gasteiger partial charge in [0.1, 0.15) is 10.0 Å². The summed E-state index contributed by atoms with van der Waals surface area (Å²) in [7, 11) is 0. The topological polar surface area (TPSA) is 103 Å². The minimum Gasteiger partial charge on any atom is -0.475 e. The van der Waals surface area contributed by atoms with Gasteiger partial charge < -0.3 is 19.9 Å². The smallest absolute Gasteiger partial charge is 0.237 e. The largest absolute Gasteiger partial charge is 0.475 e. The highest BCUT2D eigenvalue weighted by molar-refractivity contribution is 7.18. The number of carbonyl (C=O) groups excluding carboxylic acids is 2. The molecule has 2 saturated heterocycles. The Morgan fingerprint density at radius 1 is 0.981 bits per heavy atom. The van der Waals surface area contributed by atoms with E-state index in [2.05, 4.69) is 75.6 Å². The summed E-state index contributed by atoms with van der Waals surface area (Å²) in [6.07, 6.45) is 8.34. The van der Waals surface area contributed by atoms with Crippen molar-refractivity contribution >= 4 is 45.1 Å². The summed E-state index contributed by atoms with van der Waals surface area (Å²) in [6, 6.07) is 18.7. The Bertz CT molecular complexity index is 2040. The molecule has 2 amide bonds. The zero-order chi connectivity index (χ0) is 35.8. The predicted molar refractivity (Wildman–Crippen MR) is 207 cm³/mol. The zero-order valence-electron chi connectivity index (χ0n) is 30.1. The molecule has 0 aliphatic carbocycles. The summed E-state index contributed by atoms with van der Waals surface area (Å²) in [5.41, 5.74) is 8.08. The van der Waals surface area contributed by atoms with Crippen molar-refractivity contribution in [2.75, 3.05) is 56.0 Å². The summed E-state index contributed by atoms with van der Waals surface area (Å²) in [6.45, 7) is 11.3. The molecule has 1 spiro atoms. The lowest BCUT2D eigenvalue weighted by atomic mass is 9.85. The van der Waals surface area contributed by atoms with Crippen molar-refractivity contribution in [1.29, 1.82) is 0 Å². The van der Waals surface area contributed by atoms with Gasteiger partial charge in [-0.25, -0.2) is 9.97 Å². The fourth-order valence-electron chi connectivity index (χ4n) is 7.90. The summed E-state index contributed by atoms with van der Waals surface area (Å²) >= 11 is 1.66. The Hall–Kier alpha value is -4.87. The van der Waals surface area contributed by atoms with Crippen LogP contribution in [0.25, 0.3) is 16.1 Å². The van der Waals surface area contributed by atoms with E-state index in [1.807, 2.05) is 48.2 Å². The van der Waals surface area contributed by atoms with Gasteiger partial charge in [0.25, 0.3) is 0 Å². The molecule has 2 aromatic carbocycles. The average Bonchev–Trinajstić information content (AvgIpc) is 3.96. The number of nitrogens with one attached hydrogen (secondary N) is 1. The Morgan fingerprint density at radius 2 is 1.79 bits per heavy atom. The minimum atomic E-state index is -0.444. The first-order valence-electron chi connectivity index (χ1n) is 18.4. The number of rotatable bonds is 10. The molecule has 4 aliphatic rings. The number of pyridine rings is 1. The van der Waals surface area contributed by atoms with Crippen LogP contribution in [0.4, 0.5) is 10.7 Å². The monoisotopic (exact) mass is 715 g/mol. The third-order valence-corrected chi connectivity index (χ3v) is 11.7. The lowest BCUT2D eigenvalue weighted by Gasteiger charge is -2.29. The van der Waals surface area contributed by atoms with Gasteiger partial charge in [-0.3, -0.25) is 19.5 Å². The first kappa shape index (κ1) is 34.2. The summed E-state index contributed by atoms with van der Waals surface area (Å²) in [5, 5.41) is 5.41. The van der Waals surface area contributed by atoms with Crippen LogP contribution in [0.3, 0.4) is 0 Å². The Morgan fingerprint density at radius 3 is 2.54 bits per heavy atom. The number of thiazole rings is 1. The quantitative estimate of drug-likeness (QED) is 0.200. The molecular formula is C41H45N7O3S. The molecule has 1 atom stereocenters. The van der Waals surface area contributed by atoms with Crippen molar-refractivity contribution in [2.45, 2.75) is 52.7 Å². The van der Waals surface area contributed by atoms with E-state index in [-0.39, 0.29) is 17.9 Å². The van der Waals surface area contributed by atoms with Gasteiger partial charge in [0.15, 0.2) is 0 Å². The molecular weight excluding hydrogens is 671 g/mol. The van der Waals surface area contributed by atoms with E-state index in [0.717, 1.165) is 76.0 Å². The number of anilines is 2. The molecule has 6 heterocycles. The van der Waals surface area contributed by atoms with Crippen LogP contribution in [-0.4, -0.2) is 89.2 Å². The van der Waals surface area contributed by atoms with Crippen LogP contribution in [0.1, 0.15) is 62.3 Å². The second-order valence-electron chi connectivity index (χ2n) is 14.5. The number of aromatic nitrogens is 2. The van der Waals surface area contributed by atoms with Gasteiger partial charge in [-0.1, -0.05) is 47.7 Å². The number of fused-ring (bicyclic) bond motifs is 1. The molecule has 52 heavy (non-hydrogen) atoms. The van der Waals surface area contributed by atoms with Crippen LogP contribution in [0.5, 0.6) is 5.88 Å². The highest BCUT2D eigenvalue weighted by atomic mass is 32.1. The maximum absolute atomic E-state index is 14.1. The number of aliphatic imine (C=N–C) groups is 1. The second-order valence-corrected chi connectivity index (χ2v) is 15.5. The standard InChI is InChI=1S/C41H45N7O3S/c1-4-42-36-24-45-39(52-36)30-7-5-28(6-8-30)29-13-17-47(18-14-29)37(49)25-46-19-15-41(26-46)16-20-48(40(41)50)33-11-9-31-22-44-38(34(31)21-33)32-10-12-35(43-23-32)51-27(2)3/h5-13,21,23-24,27,42H,4,14-20,22,25-26H2,1-3H3/t41-/m0/s1. The van der Waals surface area contributed by atoms with Crippen molar-refractivity contribution in [3.8, 4) is 16.5 Å². The molecule has 4 aromatic rings. The van der Waals surface area contributed by atoms with E-state index in [1.165, 1.54) is 11.1 Å². The van der Waals surface area contributed by atoms with Crippen LogP contribution in [0.2, 0.25) is 0 Å². The Kier molecular flexibility index (Phi) is 9.40. The number of likely N-dealkylation sites (tertiary alicyclic amines) is 1. The highest BCUT2D eigenvalue weighted by Gasteiger charge is 2.51. The first-order chi connectivity index (χ1) is 25.3.